The SMILES string of the molecule is CCNC(=NCC1(O)CCCCC1)NCCOc1ccc(F)cc1F.I. The van der Waals surface area contributed by atoms with Gasteiger partial charge in [0.15, 0.2) is 17.5 Å². The second-order valence-corrected chi connectivity index (χ2v) is 6.33. The standard InChI is InChI=1S/C18H27F2N3O2.HI/c1-2-21-17(23-13-18(24)8-4-3-5-9-18)22-10-11-25-16-7-6-14(19)12-15(16)20;/h6-7,12,24H,2-5,8-11,13H2,1H3,(H2,21,22,23);1H. The second kappa shape index (κ2) is 11.5. The van der Waals surface area contributed by atoms with Crippen molar-refractivity contribution in [2.45, 2.75) is 44.6 Å². The molecule has 0 amide bonds. The molecule has 0 atom stereocenters. The van der Waals surface area contributed by atoms with Crippen LogP contribution in [0.15, 0.2) is 23.2 Å². The van der Waals surface area contributed by atoms with Crippen LogP contribution in [-0.4, -0.2) is 42.9 Å². The van der Waals surface area contributed by atoms with Crippen molar-refractivity contribution in [2.24, 2.45) is 4.99 Å². The normalized spacial score (nSPS) is 16.5. The first kappa shape index (κ1) is 22.9. The van der Waals surface area contributed by atoms with E-state index in [9.17, 15) is 13.9 Å². The van der Waals surface area contributed by atoms with E-state index in [0.717, 1.165) is 37.8 Å². The smallest absolute Gasteiger partial charge is 0.191 e. The average molecular weight is 483 g/mol. The molecule has 1 fully saturated rings. The molecule has 148 valence electrons. The summed E-state index contributed by atoms with van der Waals surface area (Å²) in [7, 11) is 0. The van der Waals surface area contributed by atoms with Crippen molar-refractivity contribution < 1.29 is 18.6 Å². The lowest BCUT2D eigenvalue weighted by atomic mass is 9.85. The van der Waals surface area contributed by atoms with Gasteiger partial charge in [-0.2, -0.15) is 0 Å². The van der Waals surface area contributed by atoms with Crippen LogP contribution in [0, 0.1) is 11.6 Å². The lowest BCUT2D eigenvalue weighted by molar-refractivity contribution is 0.0131. The lowest BCUT2D eigenvalue weighted by Gasteiger charge is -2.30. The Labute approximate surface area is 170 Å². The first-order chi connectivity index (χ1) is 12.0. The Bertz CT molecular complexity index is 582. The van der Waals surface area contributed by atoms with E-state index in [1.54, 1.807) is 0 Å². The number of nitrogens with zero attached hydrogens (tertiary/aromatic N) is 1. The predicted octanol–water partition coefficient (Wildman–Crippen LogP) is 3.21. The fraction of sp³-hybridized carbons (Fsp3) is 0.611. The molecule has 0 radical (unpaired) electrons. The van der Waals surface area contributed by atoms with Crippen molar-refractivity contribution in [3.63, 3.8) is 0 Å². The number of ether oxygens (including phenoxy) is 1. The summed E-state index contributed by atoms with van der Waals surface area (Å²) >= 11 is 0. The lowest BCUT2D eigenvalue weighted by Crippen LogP contribution is -2.42. The van der Waals surface area contributed by atoms with Crippen LogP contribution in [0.25, 0.3) is 0 Å². The number of guanidine groups is 1. The zero-order valence-electron chi connectivity index (χ0n) is 15.1. The van der Waals surface area contributed by atoms with Gasteiger partial charge in [0.05, 0.1) is 18.7 Å². The molecule has 0 saturated heterocycles. The number of rotatable bonds is 7. The molecule has 26 heavy (non-hydrogen) atoms. The zero-order valence-corrected chi connectivity index (χ0v) is 17.4. The van der Waals surface area contributed by atoms with Gasteiger partial charge in [-0.05, 0) is 31.9 Å². The molecule has 5 nitrogen and oxygen atoms in total. The summed E-state index contributed by atoms with van der Waals surface area (Å²) in [4.78, 5) is 4.45. The van der Waals surface area contributed by atoms with E-state index in [1.165, 1.54) is 12.5 Å². The van der Waals surface area contributed by atoms with E-state index in [0.29, 0.717) is 25.6 Å². The fourth-order valence-corrected chi connectivity index (χ4v) is 2.86. The molecule has 0 unspecified atom stereocenters. The second-order valence-electron chi connectivity index (χ2n) is 6.33. The number of benzene rings is 1. The van der Waals surface area contributed by atoms with Gasteiger partial charge in [0.1, 0.15) is 12.4 Å². The minimum atomic E-state index is -0.722. The molecule has 1 aromatic carbocycles. The van der Waals surface area contributed by atoms with Gasteiger partial charge < -0.3 is 20.5 Å². The van der Waals surface area contributed by atoms with Crippen LogP contribution in [-0.2, 0) is 0 Å². The van der Waals surface area contributed by atoms with Gasteiger partial charge in [-0.1, -0.05) is 19.3 Å². The summed E-state index contributed by atoms with van der Waals surface area (Å²) in [6, 6.07) is 3.21. The van der Waals surface area contributed by atoms with E-state index in [4.69, 9.17) is 4.74 Å². The maximum atomic E-state index is 13.5. The third-order valence-electron chi connectivity index (χ3n) is 4.21. The number of halogens is 3. The summed E-state index contributed by atoms with van der Waals surface area (Å²) in [5.74, 6) is -0.753. The number of aliphatic hydroxyl groups is 1. The topological polar surface area (TPSA) is 65.9 Å². The van der Waals surface area contributed by atoms with E-state index in [-0.39, 0.29) is 36.3 Å². The van der Waals surface area contributed by atoms with Gasteiger partial charge in [-0.15, -0.1) is 24.0 Å². The molecule has 0 heterocycles. The van der Waals surface area contributed by atoms with Crippen molar-refractivity contribution >= 4 is 29.9 Å². The van der Waals surface area contributed by atoms with Crippen LogP contribution in [0.2, 0.25) is 0 Å². The molecule has 0 aliphatic heterocycles. The van der Waals surface area contributed by atoms with Crippen LogP contribution in [0.4, 0.5) is 8.78 Å². The minimum absolute atomic E-state index is 0. The third-order valence-corrected chi connectivity index (χ3v) is 4.21. The van der Waals surface area contributed by atoms with Gasteiger partial charge in [0.25, 0.3) is 0 Å². The zero-order chi connectivity index (χ0) is 18.1. The Morgan fingerprint density at radius 3 is 2.62 bits per heavy atom. The van der Waals surface area contributed by atoms with Crippen LogP contribution >= 0.6 is 24.0 Å². The molecule has 1 aromatic rings. The van der Waals surface area contributed by atoms with Gasteiger partial charge in [0.2, 0.25) is 0 Å². The first-order valence-electron chi connectivity index (χ1n) is 8.85. The summed E-state index contributed by atoms with van der Waals surface area (Å²) in [6.07, 6.45) is 4.80. The third kappa shape index (κ3) is 7.61. The van der Waals surface area contributed by atoms with Crippen molar-refractivity contribution in [3.8, 4) is 5.75 Å². The molecule has 8 heteroatoms. The monoisotopic (exact) mass is 483 g/mol. The van der Waals surface area contributed by atoms with E-state index < -0.39 is 17.2 Å². The highest BCUT2D eigenvalue weighted by Gasteiger charge is 2.28. The van der Waals surface area contributed by atoms with Crippen LogP contribution in [0.1, 0.15) is 39.0 Å². The maximum absolute atomic E-state index is 13.5. The molecule has 3 N–H and O–H groups in total. The highest BCUT2D eigenvalue weighted by atomic mass is 127. The Balaban J connectivity index is 0.00000338. The summed E-state index contributed by atoms with van der Waals surface area (Å²) < 4.78 is 31.6. The molecular formula is C18H28F2IN3O2. The molecule has 0 bridgehead atoms. The Hall–Kier alpha value is -1.16. The maximum Gasteiger partial charge on any atom is 0.191 e. The molecule has 0 spiro atoms. The Kier molecular flexibility index (Phi) is 10.1. The number of nitrogens with one attached hydrogen (secondary N) is 2. The van der Waals surface area contributed by atoms with Gasteiger partial charge >= 0.3 is 0 Å². The van der Waals surface area contributed by atoms with Crippen molar-refractivity contribution in [1.82, 2.24) is 10.6 Å². The summed E-state index contributed by atoms with van der Waals surface area (Å²) in [5.41, 5.74) is -0.714. The summed E-state index contributed by atoms with van der Waals surface area (Å²) in [6.45, 7) is 3.61. The van der Waals surface area contributed by atoms with Crippen molar-refractivity contribution in [1.29, 1.82) is 0 Å². The highest BCUT2D eigenvalue weighted by molar-refractivity contribution is 14.0. The van der Waals surface area contributed by atoms with Gasteiger partial charge in [-0.25, -0.2) is 8.78 Å². The largest absolute Gasteiger partial charge is 0.489 e. The highest BCUT2D eigenvalue weighted by Crippen LogP contribution is 2.28. The van der Waals surface area contributed by atoms with E-state index in [1.807, 2.05) is 6.92 Å². The molecule has 1 saturated carbocycles. The molecule has 1 aliphatic carbocycles. The van der Waals surface area contributed by atoms with Crippen molar-refractivity contribution in [2.75, 3.05) is 26.2 Å². The Morgan fingerprint density at radius 2 is 1.96 bits per heavy atom. The molecule has 2 rings (SSSR count). The minimum Gasteiger partial charge on any atom is -0.489 e. The van der Waals surface area contributed by atoms with Gasteiger partial charge in [0, 0.05) is 12.6 Å². The molecule has 0 aromatic heterocycles. The predicted molar refractivity (Wildman–Crippen MR) is 109 cm³/mol. The van der Waals surface area contributed by atoms with Gasteiger partial charge in [-0.3, -0.25) is 4.99 Å². The van der Waals surface area contributed by atoms with E-state index in [2.05, 4.69) is 15.6 Å². The molecular weight excluding hydrogens is 455 g/mol. The van der Waals surface area contributed by atoms with Crippen LogP contribution < -0.4 is 15.4 Å². The number of aliphatic imine (C=N–C) groups is 1. The Morgan fingerprint density at radius 1 is 1.23 bits per heavy atom. The molecule has 1 aliphatic rings. The quantitative estimate of drug-likeness (QED) is 0.241. The average Bonchev–Trinajstić information content (AvgIpc) is 2.58. The number of hydrogen-bond acceptors (Lipinski definition) is 3. The van der Waals surface area contributed by atoms with Crippen LogP contribution in [0.5, 0.6) is 5.75 Å². The van der Waals surface area contributed by atoms with E-state index >= 15 is 0 Å². The van der Waals surface area contributed by atoms with Crippen LogP contribution in [0.3, 0.4) is 0 Å². The fourth-order valence-electron chi connectivity index (χ4n) is 2.86. The number of hydrogen-bond donors (Lipinski definition) is 3. The van der Waals surface area contributed by atoms with Crippen molar-refractivity contribution in [3.05, 3.63) is 29.8 Å². The summed E-state index contributed by atoms with van der Waals surface area (Å²) in [5, 5.41) is 16.7. The first-order valence-corrected chi connectivity index (χ1v) is 8.85.